The van der Waals surface area contributed by atoms with Gasteiger partial charge in [0, 0.05) is 139 Å². The first-order chi connectivity index (χ1) is 73.4. The Hall–Kier alpha value is -20.2. The fourth-order valence-corrected chi connectivity index (χ4v) is 22.8. The fraction of sp³-hybridized carbons (Fsp3) is 0. The zero-order valence-electron chi connectivity index (χ0n) is 79.9. The summed E-state index contributed by atoms with van der Waals surface area (Å²) in [6, 6.07) is 176. The van der Waals surface area contributed by atoms with Crippen LogP contribution in [0.3, 0.4) is 0 Å². The van der Waals surface area contributed by atoms with E-state index in [1.807, 2.05) is 48.8 Å². The summed E-state index contributed by atoms with van der Waals surface area (Å²) in [6.45, 7) is 0. The van der Waals surface area contributed by atoms with E-state index in [1.165, 1.54) is 97.7 Å². The van der Waals surface area contributed by atoms with Crippen LogP contribution in [0.1, 0.15) is 0 Å². The topological polar surface area (TPSA) is 120 Å². The third kappa shape index (κ3) is 14.1. The first-order valence-corrected chi connectivity index (χ1v) is 50.0. The molecule has 13 heteroatoms. The summed E-state index contributed by atoms with van der Waals surface area (Å²) in [5, 5.41) is 19.1. The molecular weight excluding hydrogens is 1800 g/mol. The molecular formula is C135H85N13. The molecule has 690 valence electrons. The van der Waals surface area contributed by atoms with E-state index in [4.69, 9.17) is 24.9 Å². The lowest BCUT2D eigenvalue weighted by Gasteiger charge is -2.16. The molecule has 0 aliphatic rings. The van der Waals surface area contributed by atoms with E-state index in [0.29, 0.717) is 0 Å². The highest BCUT2D eigenvalue weighted by Gasteiger charge is 2.26. The van der Waals surface area contributed by atoms with Gasteiger partial charge < -0.3 is 13.7 Å². The van der Waals surface area contributed by atoms with Gasteiger partial charge in [-0.05, 0) is 222 Å². The van der Waals surface area contributed by atoms with Gasteiger partial charge >= 0.3 is 0 Å². The molecule has 13 nitrogen and oxygen atoms in total. The van der Waals surface area contributed by atoms with Gasteiger partial charge in [-0.3, -0.25) is 28.7 Å². The second-order valence-electron chi connectivity index (χ2n) is 37.8. The molecule has 18 aromatic carbocycles. The molecule has 0 spiro atoms. The Morgan fingerprint density at radius 2 is 0.426 bits per heavy atom. The summed E-state index contributed by atoms with van der Waals surface area (Å²) in [7, 11) is 0. The van der Waals surface area contributed by atoms with E-state index < -0.39 is 0 Å². The van der Waals surface area contributed by atoms with Crippen LogP contribution in [0.5, 0.6) is 0 Å². The molecule has 0 saturated heterocycles. The van der Waals surface area contributed by atoms with Crippen LogP contribution in [-0.4, -0.2) is 62.3 Å². The van der Waals surface area contributed by atoms with E-state index in [0.717, 1.165) is 179 Å². The van der Waals surface area contributed by atoms with Crippen LogP contribution in [0.15, 0.2) is 516 Å². The number of fused-ring (bicyclic) bond motifs is 22. The molecule has 0 bridgehead atoms. The predicted octanol–water partition coefficient (Wildman–Crippen LogP) is 34.0. The fourth-order valence-electron chi connectivity index (χ4n) is 22.8. The molecule has 31 rings (SSSR count). The predicted molar refractivity (Wildman–Crippen MR) is 613 cm³/mol. The number of rotatable bonds is 12. The zero-order valence-corrected chi connectivity index (χ0v) is 79.9. The van der Waals surface area contributed by atoms with Crippen molar-refractivity contribution < 1.29 is 0 Å². The maximum atomic E-state index is 5.41. The van der Waals surface area contributed by atoms with Gasteiger partial charge in [-0.25, -0.2) is 19.9 Å². The summed E-state index contributed by atoms with van der Waals surface area (Å²) < 4.78 is 14.0. The van der Waals surface area contributed by atoms with E-state index in [9.17, 15) is 0 Å². The lowest BCUT2D eigenvalue weighted by atomic mass is 9.97. The molecule has 0 aliphatic carbocycles. The van der Waals surface area contributed by atoms with Crippen LogP contribution in [-0.2, 0) is 0 Å². The molecule has 0 radical (unpaired) electrons. The van der Waals surface area contributed by atoms with E-state index in [1.54, 1.807) is 6.20 Å². The van der Waals surface area contributed by atoms with Crippen molar-refractivity contribution in [3.05, 3.63) is 516 Å². The van der Waals surface area contributed by atoms with Crippen molar-refractivity contribution in [2.75, 3.05) is 0 Å². The Labute approximate surface area is 848 Å². The van der Waals surface area contributed by atoms with Gasteiger partial charge in [0.1, 0.15) is 17.5 Å². The number of nitrogens with zero attached hydrogens (tertiary/aromatic N) is 13. The molecule has 148 heavy (non-hydrogen) atoms. The van der Waals surface area contributed by atoms with Gasteiger partial charge in [-0.15, -0.1) is 0 Å². The molecule has 0 unspecified atom stereocenters. The lowest BCUT2D eigenvalue weighted by Crippen LogP contribution is -2.01. The average molecular weight is 1890 g/mol. The molecule has 31 aromatic rings. The standard InChI is InChI=1S/C48H30N4.C44H28N4.C43H27N5/c1-6-19-41-31(12-1)24-26-42(49-41)33-14-11-13-32(28-33)39-30-48(52-46-22-9-4-17-37(46)38-18-5-10-23-47(38)52)50-43-27-25-34(29-40(39)43)51-44-20-7-2-15-35(44)36-16-3-8-21-45(36)51;1-5-16-40-32(11-1)33-12-2-6-17-41(33)47(40)31-24-25-39-37(27-31)36(29-20-22-30(23-21-29)38-15-9-10-26-45-38)28-44(46-39)48-42-18-7-3-13-34(42)35-14-4-8-19-43(35)48;1-5-16-39-30(11-1)31-12-2-6-17-40(31)47(39)29-21-23-36-35(25-29)34(28-20-22-38(45-27-28)37-15-9-10-24-44-37)26-43(46-36)48-41-18-7-3-13-32(41)33-14-4-8-19-42(33)48/h1-30H;1-28H;1-27H. The number of aromatic nitrogens is 13. The first kappa shape index (κ1) is 84.7. The normalized spacial score (nSPS) is 11.8. The summed E-state index contributed by atoms with van der Waals surface area (Å²) in [5.41, 5.74) is 33.3. The van der Waals surface area contributed by atoms with Crippen LogP contribution < -0.4 is 0 Å². The Bertz CT molecular complexity index is 10100. The number of benzene rings is 18. The van der Waals surface area contributed by atoms with Crippen LogP contribution in [0.2, 0.25) is 0 Å². The minimum Gasteiger partial charge on any atom is -0.309 e. The summed E-state index contributed by atoms with van der Waals surface area (Å²) >= 11 is 0. The number of hydrogen-bond donors (Lipinski definition) is 0. The summed E-state index contributed by atoms with van der Waals surface area (Å²) in [6.07, 6.45) is 5.60. The Balaban J connectivity index is 0.000000105. The SMILES string of the molecule is c1cc(-c2ccc3ccccc3n2)cc(-c2cc(-n3c4ccccc4c4ccccc43)nc3ccc(-n4c5ccccc5c5ccccc54)cc23)c1.c1ccc(-c2ccc(-c3cc(-n4c5ccccc5c5ccccc54)nc4ccc(-n5c6ccccc6c6ccccc65)cc34)cc2)nc1.c1ccc(-c2ccc(-c3cc(-n4c5ccccc5c5ccccc54)nc4ccc(-n5c6ccccc6c6ccccc65)cc34)cn2)nc1. The van der Waals surface area contributed by atoms with Crippen molar-refractivity contribution in [2.24, 2.45) is 0 Å². The second kappa shape index (κ2) is 34.9. The van der Waals surface area contributed by atoms with Gasteiger partial charge in [-0.2, -0.15) is 0 Å². The smallest absolute Gasteiger partial charge is 0.138 e. The minimum absolute atomic E-state index is 0.839. The van der Waals surface area contributed by atoms with Crippen molar-refractivity contribution in [2.45, 2.75) is 0 Å². The molecule has 0 saturated carbocycles. The van der Waals surface area contributed by atoms with Crippen molar-refractivity contribution in [3.63, 3.8) is 0 Å². The molecule has 0 N–H and O–H groups in total. The maximum Gasteiger partial charge on any atom is 0.138 e. The Morgan fingerprint density at radius 1 is 0.142 bits per heavy atom. The first-order valence-electron chi connectivity index (χ1n) is 50.0. The molecule has 0 atom stereocenters. The number of pyridine rings is 7. The van der Waals surface area contributed by atoms with Gasteiger partial charge in [0.25, 0.3) is 0 Å². The maximum absolute atomic E-state index is 5.41. The van der Waals surface area contributed by atoms with Gasteiger partial charge in [-0.1, -0.05) is 303 Å². The van der Waals surface area contributed by atoms with Crippen molar-refractivity contribution in [3.8, 4) is 102 Å². The summed E-state index contributed by atoms with van der Waals surface area (Å²) in [5.74, 6) is 2.65. The van der Waals surface area contributed by atoms with Crippen LogP contribution >= 0.6 is 0 Å². The van der Waals surface area contributed by atoms with Gasteiger partial charge in [0.15, 0.2) is 0 Å². The highest BCUT2D eigenvalue weighted by molar-refractivity contribution is 6.16. The van der Waals surface area contributed by atoms with Crippen molar-refractivity contribution in [1.29, 1.82) is 0 Å². The molecule has 0 fully saturated rings. The van der Waals surface area contributed by atoms with E-state index in [-0.39, 0.29) is 0 Å². The van der Waals surface area contributed by atoms with E-state index in [2.05, 4.69) is 498 Å². The molecule has 13 heterocycles. The molecule has 0 aliphatic heterocycles. The average Bonchev–Trinajstić information content (AvgIpc) is 1.57. The largest absolute Gasteiger partial charge is 0.309 e. The summed E-state index contributed by atoms with van der Waals surface area (Å²) in [4.78, 5) is 35.1. The zero-order chi connectivity index (χ0) is 97.4. The molecule has 13 aromatic heterocycles. The van der Waals surface area contributed by atoms with Crippen LogP contribution in [0.25, 0.3) is 276 Å². The monoisotopic (exact) mass is 1890 g/mol. The Kier molecular flexibility index (Phi) is 20.0. The van der Waals surface area contributed by atoms with Gasteiger partial charge in [0.2, 0.25) is 0 Å². The molecule has 0 amide bonds. The highest BCUT2D eigenvalue weighted by Crippen LogP contribution is 2.46. The lowest BCUT2D eigenvalue weighted by molar-refractivity contribution is 1.10. The van der Waals surface area contributed by atoms with Crippen LogP contribution in [0.4, 0.5) is 0 Å². The third-order valence-corrected chi connectivity index (χ3v) is 29.5. The Morgan fingerprint density at radius 3 is 0.770 bits per heavy atom. The van der Waals surface area contributed by atoms with Gasteiger partial charge in [0.05, 0.1) is 111 Å². The van der Waals surface area contributed by atoms with Crippen LogP contribution in [0, 0.1) is 0 Å². The number of hydrogen-bond acceptors (Lipinski definition) is 7. The third-order valence-electron chi connectivity index (χ3n) is 29.5. The number of para-hydroxylation sites is 13. The van der Waals surface area contributed by atoms with Crippen molar-refractivity contribution >= 4 is 174 Å². The quantitative estimate of drug-likeness (QED) is 0.119. The minimum atomic E-state index is 0.839. The van der Waals surface area contributed by atoms with Crippen molar-refractivity contribution in [1.82, 2.24) is 62.3 Å². The second-order valence-corrected chi connectivity index (χ2v) is 37.8. The van der Waals surface area contributed by atoms with E-state index >= 15 is 0 Å². The highest BCUT2D eigenvalue weighted by atomic mass is 15.1.